The van der Waals surface area contributed by atoms with Crippen molar-refractivity contribution in [1.82, 2.24) is 10.2 Å². The average Bonchev–Trinajstić information content (AvgIpc) is 2.42. The Bertz CT molecular complexity index is 254. The second kappa shape index (κ2) is 7.64. The van der Waals surface area contributed by atoms with E-state index in [1.165, 1.54) is 64.6 Å². The van der Waals surface area contributed by atoms with Crippen molar-refractivity contribution in [3.8, 4) is 0 Å². The van der Waals surface area contributed by atoms with Crippen molar-refractivity contribution >= 4 is 0 Å². The molecule has 0 bridgehead atoms. The Kier molecular flexibility index (Phi) is 6.15. The third-order valence-corrected chi connectivity index (χ3v) is 5.48. The first-order chi connectivity index (χ1) is 9.24. The van der Waals surface area contributed by atoms with Crippen LogP contribution in [0.5, 0.6) is 0 Å². The molecule has 1 aliphatic heterocycles. The van der Waals surface area contributed by atoms with Gasteiger partial charge >= 0.3 is 0 Å². The second-order valence-electron chi connectivity index (χ2n) is 6.93. The maximum Gasteiger partial charge on any atom is 0.0218 e. The van der Waals surface area contributed by atoms with Gasteiger partial charge in [-0.2, -0.15) is 0 Å². The Morgan fingerprint density at radius 3 is 2.63 bits per heavy atom. The smallest absolute Gasteiger partial charge is 0.0218 e. The molecule has 2 aliphatic rings. The largest absolute Gasteiger partial charge is 0.311 e. The van der Waals surface area contributed by atoms with Gasteiger partial charge in [0.1, 0.15) is 0 Å². The summed E-state index contributed by atoms with van der Waals surface area (Å²) in [5, 5.41) is 3.76. The predicted molar refractivity (Wildman–Crippen MR) is 83.5 cm³/mol. The Morgan fingerprint density at radius 2 is 1.95 bits per heavy atom. The van der Waals surface area contributed by atoms with Crippen LogP contribution < -0.4 is 5.32 Å². The Hall–Kier alpha value is -0.0800. The highest BCUT2D eigenvalue weighted by Gasteiger charge is 2.30. The second-order valence-corrected chi connectivity index (χ2v) is 6.93. The highest BCUT2D eigenvalue weighted by atomic mass is 15.2. The first-order valence-corrected chi connectivity index (χ1v) is 8.72. The van der Waals surface area contributed by atoms with Crippen LogP contribution in [0.25, 0.3) is 0 Å². The van der Waals surface area contributed by atoms with Gasteiger partial charge in [0.05, 0.1) is 0 Å². The molecule has 0 aromatic carbocycles. The van der Waals surface area contributed by atoms with Crippen molar-refractivity contribution in [2.24, 2.45) is 11.8 Å². The summed E-state index contributed by atoms with van der Waals surface area (Å²) in [5.41, 5.74) is 0. The van der Waals surface area contributed by atoms with Crippen LogP contribution in [0.4, 0.5) is 0 Å². The van der Waals surface area contributed by atoms with Crippen LogP contribution >= 0.6 is 0 Å². The van der Waals surface area contributed by atoms with Crippen molar-refractivity contribution in [2.45, 2.75) is 77.8 Å². The molecule has 2 fully saturated rings. The number of rotatable bonds is 5. The lowest BCUT2D eigenvalue weighted by atomic mass is 9.79. The SMILES string of the molecule is CCCC1CN(CC2CCCCC2C)C(CC)CN1. The van der Waals surface area contributed by atoms with Crippen LogP contribution in [0.1, 0.15) is 65.7 Å². The van der Waals surface area contributed by atoms with Crippen molar-refractivity contribution < 1.29 is 0 Å². The lowest BCUT2D eigenvalue weighted by molar-refractivity contribution is 0.0789. The fourth-order valence-electron chi connectivity index (χ4n) is 4.06. The fourth-order valence-corrected chi connectivity index (χ4v) is 4.06. The molecule has 0 amide bonds. The van der Waals surface area contributed by atoms with E-state index < -0.39 is 0 Å². The predicted octanol–water partition coefficient (Wildman–Crippen LogP) is 3.67. The summed E-state index contributed by atoms with van der Waals surface area (Å²) < 4.78 is 0. The molecule has 1 saturated carbocycles. The number of hydrogen-bond donors (Lipinski definition) is 1. The summed E-state index contributed by atoms with van der Waals surface area (Å²) in [7, 11) is 0. The molecule has 0 aromatic rings. The van der Waals surface area contributed by atoms with Gasteiger partial charge in [-0.25, -0.2) is 0 Å². The van der Waals surface area contributed by atoms with Crippen molar-refractivity contribution in [2.75, 3.05) is 19.6 Å². The van der Waals surface area contributed by atoms with E-state index in [9.17, 15) is 0 Å². The van der Waals surface area contributed by atoms with E-state index in [0.717, 1.165) is 23.9 Å². The van der Waals surface area contributed by atoms with E-state index in [1.807, 2.05) is 0 Å². The summed E-state index contributed by atoms with van der Waals surface area (Å²) in [6.45, 7) is 11.0. The Balaban J connectivity index is 1.89. The van der Waals surface area contributed by atoms with Gasteiger partial charge in [-0.15, -0.1) is 0 Å². The average molecular weight is 266 g/mol. The maximum atomic E-state index is 3.76. The van der Waals surface area contributed by atoms with E-state index in [0.29, 0.717) is 0 Å². The van der Waals surface area contributed by atoms with E-state index in [4.69, 9.17) is 0 Å². The normalized spacial score (nSPS) is 37.4. The molecule has 1 aliphatic carbocycles. The van der Waals surface area contributed by atoms with Crippen molar-refractivity contribution in [1.29, 1.82) is 0 Å². The molecule has 2 rings (SSSR count). The number of hydrogen-bond acceptors (Lipinski definition) is 2. The van der Waals surface area contributed by atoms with E-state index >= 15 is 0 Å². The lowest BCUT2D eigenvalue weighted by Crippen LogP contribution is -2.57. The van der Waals surface area contributed by atoms with Gasteiger partial charge in [0.25, 0.3) is 0 Å². The van der Waals surface area contributed by atoms with Crippen LogP contribution in [0.3, 0.4) is 0 Å². The highest BCUT2D eigenvalue weighted by Crippen LogP contribution is 2.31. The first-order valence-electron chi connectivity index (χ1n) is 8.72. The minimum Gasteiger partial charge on any atom is -0.311 e. The van der Waals surface area contributed by atoms with Gasteiger partial charge in [-0.05, 0) is 31.1 Å². The zero-order chi connectivity index (χ0) is 13.7. The molecule has 1 saturated heterocycles. The molecule has 19 heavy (non-hydrogen) atoms. The van der Waals surface area contributed by atoms with Gasteiger partial charge < -0.3 is 5.32 Å². The topological polar surface area (TPSA) is 15.3 Å². The third kappa shape index (κ3) is 4.19. The molecule has 0 radical (unpaired) electrons. The molecule has 4 atom stereocenters. The zero-order valence-electron chi connectivity index (χ0n) is 13.3. The fraction of sp³-hybridized carbons (Fsp3) is 1.00. The van der Waals surface area contributed by atoms with Gasteiger partial charge in [-0.3, -0.25) is 4.90 Å². The van der Waals surface area contributed by atoms with Crippen LogP contribution in [-0.4, -0.2) is 36.6 Å². The highest BCUT2D eigenvalue weighted by molar-refractivity contribution is 4.87. The van der Waals surface area contributed by atoms with E-state index in [2.05, 4.69) is 31.0 Å². The molecular formula is C17H34N2. The minimum absolute atomic E-state index is 0.742. The summed E-state index contributed by atoms with van der Waals surface area (Å²) in [6.07, 6.45) is 9.82. The molecule has 1 heterocycles. The molecule has 2 nitrogen and oxygen atoms in total. The summed E-state index contributed by atoms with van der Waals surface area (Å²) in [4.78, 5) is 2.82. The standard InChI is InChI=1S/C17H34N2/c1-4-8-16-13-19(17(5-2)11-18-16)12-15-10-7-6-9-14(15)3/h14-18H,4-13H2,1-3H3. The number of nitrogens with zero attached hydrogens (tertiary/aromatic N) is 1. The molecule has 112 valence electrons. The monoisotopic (exact) mass is 266 g/mol. The Labute approximate surface area is 120 Å². The zero-order valence-corrected chi connectivity index (χ0v) is 13.3. The minimum atomic E-state index is 0.742. The van der Waals surface area contributed by atoms with Gasteiger partial charge in [0.2, 0.25) is 0 Å². The molecule has 0 spiro atoms. The van der Waals surface area contributed by atoms with E-state index in [-0.39, 0.29) is 0 Å². The number of piperazine rings is 1. The lowest BCUT2D eigenvalue weighted by Gasteiger charge is -2.43. The molecule has 4 unspecified atom stereocenters. The van der Waals surface area contributed by atoms with Crippen LogP contribution in [0.2, 0.25) is 0 Å². The van der Waals surface area contributed by atoms with Gasteiger partial charge in [-0.1, -0.05) is 46.5 Å². The van der Waals surface area contributed by atoms with Crippen LogP contribution in [-0.2, 0) is 0 Å². The molecule has 2 heteroatoms. The molecule has 0 aromatic heterocycles. The van der Waals surface area contributed by atoms with Crippen LogP contribution in [0.15, 0.2) is 0 Å². The third-order valence-electron chi connectivity index (χ3n) is 5.48. The Morgan fingerprint density at radius 1 is 1.16 bits per heavy atom. The summed E-state index contributed by atoms with van der Waals surface area (Å²) in [5.74, 6) is 1.91. The summed E-state index contributed by atoms with van der Waals surface area (Å²) in [6, 6.07) is 1.52. The van der Waals surface area contributed by atoms with Crippen LogP contribution in [0, 0.1) is 11.8 Å². The van der Waals surface area contributed by atoms with Gasteiger partial charge in [0, 0.05) is 31.7 Å². The van der Waals surface area contributed by atoms with E-state index in [1.54, 1.807) is 0 Å². The molecular weight excluding hydrogens is 232 g/mol. The maximum absolute atomic E-state index is 3.76. The molecule has 1 N–H and O–H groups in total. The summed E-state index contributed by atoms with van der Waals surface area (Å²) >= 11 is 0. The van der Waals surface area contributed by atoms with Gasteiger partial charge in [0.15, 0.2) is 0 Å². The van der Waals surface area contributed by atoms with Crippen molar-refractivity contribution in [3.63, 3.8) is 0 Å². The van der Waals surface area contributed by atoms with Crippen molar-refractivity contribution in [3.05, 3.63) is 0 Å². The number of nitrogens with one attached hydrogen (secondary N) is 1. The first kappa shape index (κ1) is 15.3. The quantitative estimate of drug-likeness (QED) is 0.817.